The lowest BCUT2D eigenvalue weighted by Crippen LogP contribution is -2.05. The third-order valence-electron chi connectivity index (χ3n) is 1.94. The lowest BCUT2D eigenvalue weighted by molar-refractivity contribution is 0.287. The minimum absolute atomic E-state index is 0.217. The second-order valence-corrected chi connectivity index (χ2v) is 2.77. The van der Waals surface area contributed by atoms with Gasteiger partial charge in [-0.05, 0) is 12.8 Å². The molecule has 1 aromatic rings. The molecule has 0 saturated carbocycles. The highest BCUT2D eigenvalue weighted by Gasteiger charge is 2.05. The first kappa shape index (κ1) is 9.22. The Balaban J connectivity index is 2.72. The third-order valence-corrected chi connectivity index (χ3v) is 1.94. The Kier molecular flexibility index (Phi) is 3.25. The molecular weight excluding hydrogens is 154 g/mol. The van der Waals surface area contributed by atoms with Gasteiger partial charge in [-0.15, -0.1) is 0 Å². The smallest absolute Gasteiger partial charge is 0.0537 e. The van der Waals surface area contributed by atoms with E-state index in [1.54, 1.807) is 6.20 Å². The van der Waals surface area contributed by atoms with Crippen molar-refractivity contribution in [2.75, 3.05) is 6.61 Å². The summed E-state index contributed by atoms with van der Waals surface area (Å²) in [7, 11) is 1.89. The molecule has 1 rings (SSSR count). The Morgan fingerprint density at radius 2 is 2.42 bits per heavy atom. The summed E-state index contributed by atoms with van der Waals surface area (Å²) in [5.74, 6) is 0. The zero-order chi connectivity index (χ0) is 8.97. The number of hydrogen-bond donors (Lipinski definition) is 2. The molecule has 0 saturated heterocycles. The van der Waals surface area contributed by atoms with Crippen LogP contribution >= 0.6 is 0 Å². The average Bonchev–Trinajstić information content (AvgIpc) is 2.43. The SMILES string of the molecule is Cn1ncc(CN)c1CCCO. The summed E-state index contributed by atoms with van der Waals surface area (Å²) in [6, 6.07) is 0. The molecule has 0 aliphatic heterocycles. The first-order valence-electron chi connectivity index (χ1n) is 4.10. The van der Waals surface area contributed by atoms with E-state index in [2.05, 4.69) is 5.10 Å². The van der Waals surface area contributed by atoms with Crippen LogP contribution in [0.25, 0.3) is 0 Å². The van der Waals surface area contributed by atoms with Crippen molar-refractivity contribution in [3.8, 4) is 0 Å². The number of nitrogens with two attached hydrogens (primary N) is 1. The van der Waals surface area contributed by atoms with E-state index in [0.717, 1.165) is 24.1 Å². The van der Waals surface area contributed by atoms with Crippen LogP contribution in [0.1, 0.15) is 17.7 Å². The second kappa shape index (κ2) is 4.23. The number of hydrogen-bond acceptors (Lipinski definition) is 3. The van der Waals surface area contributed by atoms with E-state index in [0.29, 0.717) is 6.54 Å². The normalized spacial score (nSPS) is 10.6. The van der Waals surface area contributed by atoms with Crippen LogP contribution in [0.4, 0.5) is 0 Å². The van der Waals surface area contributed by atoms with Gasteiger partial charge in [-0.1, -0.05) is 0 Å². The van der Waals surface area contributed by atoms with Gasteiger partial charge >= 0.3 is 0 Å². The predicted octanol–water partition coefficient (Wildman–Crippen LogP) is -0.196. The van der Waals surface area contributed by atoms with Gasteiger partial charge in [0.1, 0.15) is 0 Å². The lowest BCUT2D eigenvalue weighted by atomic mass is 10.1. The number of aliphatic hydroxyl groups is 1. The van der Waals surface area contributed by atoms with Gasteiger partial charge in [-0.3, -0.25) is 4.68 Å². The van der Waals surface area contributed by atoms with Gasteiger partial charge in [-0.25, -0.2) is 0 Å². The summed E-state index contributed by atoms with van der Waals surface area (Å²) in [6.45, 7) is 0.740. The monoisotopic (exact) mass is 169 g/mol. The van der Waals surface area contributed by atoms with E-state index >= 15 is 0 Å². The summed E-state index contributed by atoms with van der Waals surface area (Å²) >= 11 is 0. The van der Waals surface area contributed by atoms with Crippen molar-refractivity contribution in [1.82, 2.24) is 9.78 Å². The van der Waals surface area contributed by atoms with E-state index < -0.39 is 0 Å². The van der Waals surface area contributed by atoms with Crippen molar-refractivity contribution in [2.24, 2.45) is 12.8 Å². The quantitative estimate of drug-likeness (QED) is 0.656. The summed E-state index contributed by atoms with van der Waals surface area (Å²) in [4.78, 5) is 0. The third kappa shape index (κ3) is 1.84. The second-order valence-electron chi connectivity index (χ2n) is 2.77. The Labute approximate surface area is 72.0 Å². The zero-order valence-electron chi connectivity index (χ0n) is 7.32. The van der Waals surface area contributed by atoms with Crippen LogP contribution in [0.5, 0.6) is 0 Å². The van der Waals surface area contributed by atoms with E-state index in [1.807, 2.05) is 11.7 Å². The van der Waals surface area contributed by atoms with Gasteiger partial charge in [0.05, 0.1) is 6.20 Å². The number of aliphatic hydroxyl groups excluding tert-OH is 1. The molecule has 4 heteroatoms. The molecule has 0 bridgehead atoms. The van der Waals surface area contributed by atoms with Gasteiger partial charge < -0.3 is 10.8 Å². The van der Waals surface area contributed by atoms with Crippen LogP contribution in [0, 0.1) is 0 Å². The summed E-state index contributed by atoms with van der Waals surface area (Å²) < 4.78 is 1.82. The highest BCUT2D eigenvalue weighted by Crippen LogP contribution is 2.08. The molecule has 0 aliphatic rings. The molecular formula is C8H15N3O. The highest BCUT2D eigenvalue weighted by atomic mass is 16.2. The molecule has 0 spiro atoms. The van der Waals surface area contributed by atoms with Crippen LogP contribution in [-0.4, -0.2) is 21.5 Å². The van der Waals surface area contributed by atoms with Crippen LogP contribution in [-0.2, 0) is 20.0 Å². The standard InChI is InChI=1S/C8H15N3O/c1-11-8(3-2-4-12)7(5-9)6-10-11/h6,12H,2-5,9H2,1H3. The number of aromatic nitrogens is 2. The molecule has 12 heavy (non-hydrogen) atoms. The Morgan fingerprint density at radius 3 is 3.00 bits per heavy atom. The molecule has 1 heterocycles. The van der Waals surface area contributed by atoms with Gasteiger partial charge in [0, 0.05) is 31.5 Å². The van der Waals surface area contributed by atoms with Crippen LogP contribution in [0.2, 0.25) is 0 Å². The maximum atomic E-state index is 8.66. The average molecular weight is 169 g/mol. The van der Waals surface area contributed by atoms with E-state index in [-0.39, 0.29) is 6.61 Å². The fraction of sp³-hybridized carbons (Fsp3) is 0.625. The molecule has 68 valence electrons. The van der Waals surface area contributed by atoms with Crippen molar-refractivity contribution >= 4 is 0 Å². The van der Waals surface area contributed by atoms with Crippen molar-refractivity contribution in [3.05, 3.63) is 17.5 Å². The first-order valence-corrected chi connectivity index (χ1v) is 4.10. The molecule has 0 aliphatic carbocycles. The molecule has 0 unspecified atom stereocenters. The van der Waals surface area contributed by atoms with E-state index in [9.17, 15) is 0 Å². The number of rotatable bonds is 4. The fourth-order valence-electron chi connectivity index (χ4n) is 1.25. The molecule has 0 fully saturated rings. The van der Waals surface area contributed by atoms with Crippen LogP contribution in [0.15, 0.2) is 6.20 Å². The van der Waals surface area contributed by atoms with E-state index in [1.165, 1.54) is 0 Å². The first-order chi connectivity index (χ1) is 5.79. The van der Waals surface area contributed by atoms with Gasteiger partial charge in [0.25, 0.3) is 0 Å². The van der Waals surface area contributed by atoms with Crippen molar-refractivity contribution in [1.29, 1.82) is 0 Å². The Morgan fingerprint density at radius 1 is 1.67 bits per heavy atom. The molecule has 0 aromatic carbocycles. The maximum absolute atomic E-state index is 8.66. The molecule has 0 atom stereocenters. The largest absolute Gasteiger partial charge is 0.396 e. The topological polar surface area (TPSA) is 64.1 Å². The molecule has 0 radical (unpaired) electrons. The summed E-state index contributed by atoms with van der Waals surface area (Å²) in [5, 5.41) is 12.8. The molecule has 0 amide bonds. The molecule has 3 N–H and O–H groups in total. The lowest BCUT2D eigenvalue weighted by Gasteiger charge is -2.02. The zero-order valence-corrected chi connectivity index (χ0v) is 7.32. The molecule has 4 nitrogen and oxygen atoms in total. The van der Waals surface area contributed by atoms with E-state index in [4.69, 9.17) is 10.8 Å². The van der Waals surface area contributed by atoms with Crippen LogP contribution in [0.3, 0.4) is 0 Å². The predicted molar refractivity (Wildman–Crippen MR) is 46.5 cm³/mol. The van der Waals surface area contributed by atoms with Gasteiger partial charge in [-0.2, -0.15) is 5.10 Å². The number of aryl methyl sites for hydroxylation is 1. The van der Waals surface area contributed by atoms with Gasteiger partial charge in [0.15, 0.2) is 0 Å². The van der Waals surface area contributed by atoms with Gasteiger partial charge in [0.2, 0.25) is 0 Å². The summed E-state index contributed by atoms with van der Waals surface area (Å²) in [5.41, 5.74) is 7.73. The van der Waals surface area contributed by atoms with Crippen molar-refractivity contribution in [3.63, 3.8) is 0 Å². The highest BCUT2D eigenvalue weighted by molar-refractivity contribution is 5.17. The summed E-state index contributed by atoms with van der Waals surface area (Å²) in [6.07, 6.45) is 3.40. The minimum atomic E-state index is 0.217. The molecule has 1 aromatic heterocycles. The Hall–Kier alpha value is -0.870. The van der Waals surface area contributed by atoms with Crippen molar-refractivity contribution < 1.29 is 5.11 Å². The minimum Gasteiger partial charge on any atom is -0.396 e. The van der Waals surface area contributed by atoms with Crippen molar-refractivity contribution in [2.45, 2.75) is 19.4 Å². The maximum Gasteiger partial charge on any atom is 0.0537 e. The fourth-order valence-corrected chi connectivity index (χ4v) is 1.25. The number of nitrogens with zero attached hydrogens (tertiary/aromatic N) is 2. The van der Waals surface area contributed by atoms with Crippen LogP contribution < -0.4 is 5.73 Å². The Bertz CT molecular complexity index is 244.